The Morgan fingerprint density at radius 2 is 1.44 bits per heavy atom. The lowest BCUT2D eigenvalue weighted by Crippen LogP contribution is -2.25. The minimum Gasteiger partial charge on any atom is -0.384 e. The lowest BCUT2D eigenvalue weighted by molar-refractivity contribution is 0.0927. The van der Waals surface area contributed by atoms with Gasteiger partial charge in [0, 0.05) is 13.7 Å². The highest BCUT2D eigenvalue weighted by Gasteiger charge is 2.28. The van der Waals surface area contributed by atoms with Crippen LogP contribution in [-0.4, -0.2) is 13.7 Å². The van der Waals surface area contributed by atoms with Crippen molar-refractivity contribution in [3.05, 3.63) is 24.3 Å². The third kappa shape index (κ3) is 8.55. The van der Waals surface area contributed by atoms with Gasteiger partial charge in [-0.15, -0.1) is 6.58 Å². The Hall–Kier alpha value is -0.560. The number of hydrogen-bond donors (Lipinski definition) is 0. The summed E-state index contributed by atoms with van der Waals surface area (Å²) >= 11 is 0. The van der Waals surface area contributed by atoms with Gasteiger partial charge in [0.25, 0.3) is 0 Å². The van der Waals surface area contributed by atoms with E-state index in [1.165, 1.54) is 82.6 Å². The fourth-order valence-corrected chi connectivity index (χ4v) is 5.75. The van der Waals surface area contributed by atoms with E-state index in [4.69, 9.17) is 4.74 Å². The van der Waals surface area contributed by atoms with E-state index in [1.54, 1.807) is 0 Å². The Kier molecular flexibility index (Phi) is 10.8. The van der Waals surface area contributed by atoms with Crippen molar-refractivity contribution in [1.82, 2.24) is 0 Å². The van der Waals surface area contributed by atoms with Crippen LogP contribution in [0.25, 0.3) is 0 Å². The van der Waals surface area contributed by atoms with Crippen molar-refractivity contribution in [1.29, 1.82) is 0 Å². The minimum atomic E-state index is 0.700. The van der Waals surface area contributed by atoms with Crippen LogP contribution in [-0.2, 0) is 4.74 Å². The molecule has 0 spiro atoms. The Labute approximate surface area is 170 Å². The van der Waals surface area contributed by atoms with Crippen LogP contribution in [0.2, 0.25) is 0 Å². The topological polar surface area (TPSA) is 9.23 Å². The maximum Gasteiger partial charge on any atom is 0.0496 e. The zero-order valence-electron chi connectivity index (χ0n) is 18.6. The van der Waals surface area contributed by atoms with Crippen LogP contribution in [0.15, 0.2) is 24.3 Å². The molecule has 2 rings (SSSR count). The first-order chi connectivity index (χ1) is 13.1. The van der Waals surface area contributed by atoms with Crippen molar-refractivity contribution in [3.63, 3.8) is 0 Å². The summed E-state index contributed by atoms with van der Waals surface area (Å²) in [6.45, 7) is 9.36. The average molecular weight is 375 g/mol. The summed E-state index contributed by atoms with van der Waals surface area (Å²) in [5.41, 5.74) is 1.32. The first-order valence-corrected chi connectivity index (χ1v) is 11.9. The molecule has 0 aliphatic heterocycles. The highest BCUT2D eigenvalue weighted by atomic mass is 16.5. The first kappa shape index (κ1) is 22.7. The van der Waals surface area contributed by atoms with Crippen molar-refractivity contribution in [2.75, 3.05) is 13.7 Å². The van der Waals surface area contributed by atoms with E-state index in [-0.39, 0.29) is 0 Å². The molecule has 0 saturated heterocycles. The van der Waals surface area contributed by atoms with Gasteiger partial charge in [-0.1, -0.05) is 69.1 Å². The van der Waals surface area contributed by atoms with Crippen LogP contribution in [0, 0.1) is 29.6 Å². The van der Waals surface area contributed by atoms with E-state index in [2.05, 4.69) is 32.6 Å². The third-order valence-electron chi connectivity index (χ3n) is 7.48. The molecule has 0 radical (unpaired) electrons. The fourth-order valence-electron chi connectivity index (χ4n) is 5.75. The van der Waals surface area contributed by atoms with Crippen molar-refractivity contribution in [3.8, 4) is 0 Å². The molecule has 2 aliphatic rings. The van der Waals surface area contributed by atoms with Gasteiger partial charge in [0.05, 0.1) is 0 Å². The molecule has 0 N–H and O–H groups in total. The normalized spacial score (nSPS) is 30.5. The van der Waals surface area contributed by atoms with Gasteiger partial charge in [0.15, 0.2) is 0 Å². The second kappa shape index (κ2) is 12.8. The number of hydrogen-bond acceptors (Lipinski definition) is 1. The van der Waals surface area contributed by atoms with Gasteiger partial charge in [-0.3, -0.25) is 0 Å². The molecule has 0 aromatic carbocycles. The van der Waals surface area contributed by atoms with E-state index in [0.29, 0.717) is 5.92 Å². The molecule has 2 saturated carbocycles. The largest absolute Gasteiger partial charge is 0.384 e. The Bertz CT molecular complexity index is 421. The van der Waals surface area contributed by atoms with Crippen molar-refractivity contribution in [2.45, 2.75) is 97.3 Å². The van der Waals surface area contributed by atoms with E-state index >= 15 is 0 Å². The lowest BCUT2D eigenvalue weighted by Gasteiger charge is -2.35. The zero-order chi connectivity index (χ0) is 19.5. The lowest BCUT2D eigenvalue weighted by atomic mass is 9.72. The van der Waals surface area contributed by atoms with Crippen LogP contribution in [0.4, 0.5) is 0 Å². The maximum absolute atomic E-state index is 5.51. The van der Waals surface area contributed by atoms with E-state index < -0.39 is 0 Å². The second-order valence-corrected chi connectivity index (χ2v) is 9.77. The van der Waals surface area contributed by atoms with Gasteiger partial charge < -0.3 is 4.74 Å². The Morgan fingerprint density at radius 1 is 0.926 bits per heavy atom. The molecular formula is C26H46O. The van der Waals surface area contributed by atoms with Gasteiger partial charge in [-0.2, -0.15) is 0 Å². The molecule has 2 fully saturated rings. The van der Waals surface area contributed by atoms with Crippen LogP contribution < -0.4 is 0 Å². The first-order valence-electron chi connectivity index (χ1n) is 11.9. The molecule has 156 valence electrons. The summed E-state index contributed by atoms with van der Waals surface area (Å²) in [5, 5.41) is 0. The number of ether oxygens (including phenoxy) is 1. The SMILES string of the molecule is C=C(C)CC(COC)C1CCC(CCC2CCC(CC/C=C/C)CC2)CC1. The number of allylic oxidation sites excluding steroid dienone is 3. The molecule has 1 heteroatoms. The highest BCUT2D eigenvalue weighted by Crippen LogP contribution is 2.40. The summed E-state index contributed by atoms with van der Waals surface area (Å²) < 4.78 is 5.51. The molecule has 0 aromatic heterocycles. The second-order valence-electron chi connectivity index (χ2n) is 9.77. The molecule has 1 unspecified atom stereocenters. The molecule has 0 amide bonds. The molecule has 27 heavy (non-hydrogen) atoms. The summed E-state index contributed by atoms with van der Waals surface area (Å²) in [6, 6.07) is 0. The van der Waals surface area contributed by atoms with Crippen LogP contribution in [0.5, 0.6) is 0 Å². The number of rotatable bonds is 11. The molecule has 0 aromatic rings. The van der Waals surface area contributed by atoms with Crippen LogP contribution in [0.3, 0.4) is 0 Å². The van der Waals surface area contributed by atoms with Gasteiger partial charge in [0.1, 0.15) is 0 Å². The van der Waals surface area contributed by atoms with Gasteiger partial charge in [0.2, 0.25) is 0 Å². The monoisotopic (exact) mass is 374 g/mol. The van der Waals surface area contributed by atoms with Crippen molar-refractivity contribution >= 4 is 0 Å². The average Bonchev–Trinajstić information content (AvgIpc) is 2.67. The smallest absolute Gasteiger partial charge is 0.0496 e. The molecule has 0 heterocycles. The Balaban J connectivity index is 1.61. The van der Waals surface area contributed by atoms with Crippen LogP contribution in [0.1, 0.15) is 97.3 Å². The predicted molar refractivity (Wildman–Crippen MR) is 119 cm³/mol. The van der Waals surface area contributed by atoms with E-state index in [9.17, 15) is 0 Å². The minimum absolute atomic E-state index is 0.700. The Morgan fingerprint density at radius 3 is 1.93 bits per heavy atom. The zero-order valence-corrected chi connectivity index (χ0v) is 18.6. The quantitative estimate of drug-likeness (QED) is 0.333. The molecule has 1 nitrogen and oxygen atoms in total. The van der Waals surface area contributed by atoms with E-state index in [0.717, 1.165) is 36.7 Å². The molecule has 0 bridgehead atoms. The molecule has 1 atom stereocenters. The number of methoxy groups -OCH3 is 1. The van der Waals surface area contributed by atoms with Crippen molar-refractivity contribution in [2.24, 2.45) is 29.6 Å². The highest BCUT2D eigenvalue weighted by molar-refractivity contribution is 4.93. The van der Waals surface area contributed by atoms with Gasteiger partial charge in [-0.25, -0.2) is 0 Å². The standard InChI is InChI=1S/C26H46O/c1-5-6-7-8-22-9-11-23(12-10-22)13-14-24-15-17-25(18-16-24)26(20-27-4)19-21(2)3/h5-6,22-26H,2,7-20H2,1,3-4H3/b6-5+. The van der Waals surface area contributed by atoms with Gasteiger partial charge in [-0.05, 0) is 75.5 Å². The van der Waals surface area contributed by atoms with Crippen molar-refractivity contribution < 1.29 is 4.74 Å². The van der Waals surface area contributed by atoms with E-state index in [1.807, 2.05) is 7.11 Å². The summed E-state index contributed by atoms with van der Waals surface area (Å²) in [7, 11) is 1.85. The van der Waals surface area contributed by atoms with Crippen LogP contribution >= 0.6 is 0 Å². The third-order valence-corrected chi connectivity index (χ3v) is 7.48. The summed E-state index contributed by atoms with van der Waals surface area (Å²) in [5.74, 6) is 4.61. The predicted octanol–water partition coefficient (Wildman–Crippen LogP) is 7.96. The summed E-state index contributed by atoms with van der Waals surface area (Å²) in [6.07, 6.45) is 23.2. The summed E-state index contributed by atoms with van der Waals surface area (Å²) in [4.78, 5) is 0. The maximum atomic E-state index is 5.51. The fraction of sp³-hybridized carbons (Fsp3) is 0.846. The molecule has 2 aliphatic carbocycles. The molecular weight excluding hydrogens is 328 g/mol. The van der Waals surface area contributed by atoms with Gasteiger partial charge >= 0.3 is 0 Å².